The molecular weight excluding hydrogens is 366 g/mol. The van der Waals surface area contributed by atoms with Gasteiger partial charge in [-0.3, -0.25) is 4.79 Å². The van der Waals surface area contributed by atoms with E-state index in [0.717, 1.165) is 12.8 Å². The predicted molar refractivity (Wildman–Crippen MR) is 133 cm³/mol. The average Bonchev–Trinajstić information content (AvgIpc) is 2.76. The Kier molecular flexibility index (Phi) is 19.5. The molecule has 1 rings (SSSR count). The van der Waals surface area contributed by atoms with Crippen LogP contribution in [0.3, 0.4) is 0 Å². The summed E-state index contributed by atoms with van der Waals surface area (Å²) in [4.78, 5) is 12.0. The van der Waals surface area contributed by atoms with E-state index in [9.17, 15) is 4.79 Å². The molecule has 30 heavy (non-hydrogen) atoms. The smallest absolute Gasteiger partial charge is 0.220 e. The van der Waals surface area contributed by atoms with Crippen LogP contribution in [0.5, 0.6) is 0 Å². The first-order chi connectivity index (χ1) is 14.8. The Bertz CT molecular complexity index is 397. The van der Waals surface area contributed by atoms with E-state index in [-0.39, 0.29) is 0 Å². The van der Waals surface area contributed by atoms with Crippen LogP contribution in [-0.2, 0) is 4.79 Å². The van der Waals surface area contributed by atoms with Crippen molar-refractivity contribution in [3.05, 3.63) is 12.2 Å². The zero-order valence-corrected chi connectivity index (χ0v) is 20.4. The van der Waals surface area contributed by atoms with Crippen LogP contribution in [0.2, 0.25) is 0 Å². The maximum absolute atomic E-state index is 12.0. The average molecular weight is 420 g/mol. The van der Waals surface area contributed by atoms with Gasteiger partial charge in [-0.2, -0.15) is 0 Å². The summed E-state index contributed by atoms with van der Waals surface area (Å²) in [6, 6.07) is 0.474. The number of carbonyl (C=O) groups excluding carboxylic acids is 1. The minimum Gasteiger partial charge on any atom is -0.353 e. The van der Waals surface area contributed by atoms with Crippen molar-refractivity contribution < 1.29 is 4.79 Å². The number of rotatable bonds is 20. The van der Waals surface area contributed by atoms with Gasteiger partial charge >= 0.3 is 0 Å². The Morgan fingerprint density at radius 3 is 1.67 bits per heavy atom. The van der Waals surface area contributed by atoms with Crippen molar-refractivity contribution >= 4 is 5.91 Å². The van der Waals surface area contributed by atoms with Gasteiger partial charge in [0.1, 0.15) is 0 Å². The molecule has 0 aromatic rings. The minimum absolute atomic E-state index is 0.294. The first kappa shape index (κ1) is 27.2. The summed E-state index contributed by atoms with van der Waals surface area (Å²) < 4.78 is 0. The third kappa shape index (κ3) is 18.0. The van der Waals surface area contributed by atoms with E-state index in [1.165, 1.54) is 135 Å². The van der Waals surface area contributed by atoms with Gasteiger partial charge in [0, 0.05) is 12.5 Å². The summed E-state index contributed by atoms with van der Waals surface area (Å²) >= 11 is 0. The Labute approximate surface area is 189 Å². The molecule has 0 unspecified atom stereocenters. The molecule has 0 heterocycles. The Morgan fingerprint density at radius 1 is 0.667 bits per heavy atom. The number of hydrogen-bond acceptors (Lipinski definition) is 1. The summed E-state index contributed by atoms with van der Waals surface area (Å²) in [7, 11) is 0. The fourth-order valence-electron chi connectivity index (χ4n) is 4.61. The number of carbonyl (C=O) groups is 1. The molecule has 176 valence electrons. The molecule has 1 N–H and O–H groups in total. The zero-order chi connectivity index (χ0) is 21.5. The molecule has 1 fully saturated rings. The fourth-order valence-corrected chi connectivity index (χ4v) is 4.61. The SMILES string of the molecule is CCCCCCCCC=CCCCCCCCCCCCC(=O)NC1CCCCC1. The Balaban J connectivity index is 1.73. The molecule has 1 aliphatic rings. The van der Waals surface area contributed by atoms with Gasteiger partial charge in [0.15, 0.2) is 0 Å². The van der Waals surface area contributed by atoms with Crippen molar-refractivity contribution in [2.45, 2.75) is 161 Å². The molecule has 0 aromatic heterocycles. The summed E-state index contributed by atoms with van der Waals surface area (Å²) in [5.74, 6) is 0.294. The zero-order valence-electron chi connectivity index (χ0n) is 20.4. The van der Waals surface area contributed by atoms with E-state index in [4.69, 9.17) is 0 Å². The predicted octanol–water partition coefficient (Wildman–Crippen LogP) is 9.03. The third-order valence-electron chi connectivity index (χ3n) is 6.64. The second-order valence-electron chi connectivity index (χ2n) is 9.65. The number of amides is 1. The van der Waals surface area contributed by atoms with E-state index in [1.807, 2.05) is 0 Å². The van der Waals surface area contributed by atoms with Gasteiger partial charge in [-0.25, -0.2) is 0 Å². The second-order valence-corrected chi connectivity index (χ2v) is 9.65. The van der Waals surface area contributed by atoms with Gasteiger partial charge in [0.05, 0.1) is 0 Å². The lowest BCUT2D eigenvalue weighted by molar-refractivity contribution is -0.122. The maximum Gasteiger partial charge on any atom is 0.220 e. The molecule has 1 aliphatic carbocycles. The highest BCUT2D eigenvalue weighted by Gasteiger charge is 2.14. The highest BCUT2D eigenvalue weighted by atomic mass is 16.1. The van der Waals surface area contributed by atoms with Crippen molar-refractivity contribution in [2.24, 2.45) is 0 Å². The number of hydrogen-bond donors (Lipinski definition) is 1. The number of allylic oxidation sites excluding steroid dienone is 2. The molecule has 0 aliphatic heterocycles. The topological polar surface area (TPSA) is 29.1 Å². The molecule has 1 amide bonds. The summed E-state index contributed by atoms with van der Waals surface area (Å²) in [6.07, 6.45) is 34.7. The van der Waals surface area contributed by atoms with E-state index >= 15 is 0 Å². The van der Waals surface area contributed by atoms with Gasteiger partial charge < -0.3 is 5.32 Å². The van der Waals surface area contributed by atoms with Crippen LogP contribution in [0.25, 0.3) is 0 Å². The molecular formula is C28H53NO. The Hall–Kier alpha value is -0.790. The summed E-state index contributed by atoms with van der Waals surface area (Å²) in [6.45, 7) is 2.28. The third-order valence-corrected chi connectivity index (χ3v) is 6.64. The molecule has 0 aromatic carbocycles. The fraction of sp³-hybridized carbons (Fsp3) is 0.893. The van der Waals surface area contributed by atoms with Crippen LogP contribution in [-0.4, -0.2) is 11.9 Å². The van der Waals surface area contributed by atoms with Crippen LogP contribution < -0.4 is 5.32 Å². The molecule has 0 spiro atoms. The molecule has 0 saturated heterocycles. The van der Waals surface area contributed by atoms with Crippen molar-refractivity contribution in [1.82, 2.24) is 5.32 Å². The highest BCUT2D eigenvalue weighted by Crippen LogP contribution is 2.18. The van der Waals surface area contributed by atoms with Crippen LogP contribution in [0.4, 0.5) is 0 Å². The van der Waals surface area contributed by atoms with Crippen LogP contribution in [0.15, 0.2) is 12.2 Å². The Morgan fingerprint density at radius 2 is 1.13 bits per heavy atom. The van der Waals surface area contributed by atoms with E-state index < -0.39 is 0 Å². The molecule has 0 atom stereocenters. The molecule has 2 nitrogen and oxygen atoms in total. The molecule has 2 heteroatoms. The monoisotopic (exact) mass is 419 g/mol. The van der Waals surface area contributed by atoms with Crippen molar-refractivity contribution in [3.63, 3.8) is 0 Å². The van der Waals surface area contributed by atoms with Crippen LogP contribution in [0, 0.1) is 0 Å². The second kappa shape index (κ2) is 21.4. The first-order valence-corrected chi connectivity index (χ1v) is 13.8. The van der Waals surface area contributed by atoms with E-state index in [0.29, 0.717) is 11.9 Å². The van der Waals surface area contributed by atoms with Gasteiger partial charge in [0.25, 0.3) is 0 Å². The lowest BCUT2D eigenvalue weighted by atomic mass is 9.95. The normalized spacial score (nSPS) is 15.1. The lowest BCUT2D eigenvalue weighted by Crippen LogP contribution is -2.35. The van der Waals surface area contributed by atoms with E-state index in [1.54, 1.807) is 0 Å². The van der Waals surface area contributed by atoms with Gasteiger partial charge in [-0.1, -0.05) is 115 Å². The summed E-state index contributed by atoms with van der Waals surface area (Å²) in [5, 5.41) is 3.23. The van der Waals surface area contributed by atoms with Crippen LogP contribution in [0.1, 0.15) is 155 Å². The van der Waals surface area contributed by atoms with Crippen molar-refractivity contribution in [1.29, 1.82) is 0 Å². The standard InChI is InChI=1S/C28H53NO/c1-2-3-4-5-6-7-8-9-10-11-12-13-14-15-16-17-18-19-23-26-28(30)29-27-24-21-20-22-25-27/h9-10,27H,2-8,11-26H2,1H3,(H,29,30). The quantitative estimate of drug-likeness (QED) is 0.155. The number of unbranched alkanes of at least 4 members (excludes halogenated alkanes) is 15. The summed E-state index contributed by atoms with van der Waals surface area (Å²) in [5.41, 5.74) is 0. The minimum atomic E-state index is 0.294. The largest absolute Gasteiger partial charge is 0.353 e. The van der Waals surface area contributed by atoms with Crippen molar-refractivity contribution in [3.8, 4) is 0 Å². The molecule has 0 radical (unpaired) electrons. The first-order valence-electron chi connectivity index (χ1n) is 13.8. The van der Waals surface area contributed by atoms with Gasteiger partial charge in [0.2, 0.25) is 5.91 Å². The number of nitrogens with one attached hydrogen (secondary N) is 1. The van der Waals surface area contributed by atoms with Crippen LogP contribution >= 0.6 is 0 Å². The lowest BCUT2D eigenvalue weighted by Gasteiger charge is -2.22. The molecule has 0 bridgehead atoms. The van der Waals surface area contributed by atoms with E-state index in [2.05, 4.69) is 24.4 Å². The van der Waals surface area contributed by atoms with Gasteiger partial charge in [-0.05, 0) is 44.9 Å². The highest BCUT2D eigenvalue weighted by molar-refractivity contribution is 5.76. The molecule has 1 saturated carbocycles. The maximum atomic E-state index is 12.0. The van der Waals surface area contributed by atoms with Gasteiger partial charge in [-0.15, -0.1) is 0 Å². The van der Waals surface area contributed by atoms with Crippen molar-refractivity contribution in [2.75, 3.05) is 0 Å².